The number of benzene rings is 4. The molecular weight excluding hydrogens is 671 g/mol. The average Bonchev–Trinajstić information content (AvgIpc) is 3.41. The maximum atomic E-state index is 14.5. The van der Waals surface area contributed by atoms with E-state index in [1.807, 2.05) is 0 Å². The van der Waals surface area contributed by atoms with Gasteiger partial charge >= 0.3 is 0 Å². The van der Waals surface area contributed by atoms with Crippen molar-refractivity contribution in [3.8, 4) is 0 Å². The van der Waals surface area contributed by atoms with Crippen molar-refractivity contribution in [1.82, 2.24) is 0 Å². The highest BCUT2D eigenvalue weighted by atomic mass is 32.2. The highest BCUT2D eigenvalue weighted by molar-refractivity contribution is 7.90. The molecule has 0 N–H and O–H groups in total. The second kappa shape index (κ2) is 13.0. The standard InChI is InChI=1S/C34H32F2O8S3/c1-23-4-11-28(12-5-23)46(39,40)43-21-34(22-44-47(41,42)29-13-6-24(2)7-14-29)19-30(25-8-15-27(16-9-25)45(3,37)38)31(20-34)26-10-17-32(35)33(36)18-26/h4-18H,19-22H2,1-3H3. The number of sulfone groups is 1. The highest BCUT2D eigenvalue weighted by Crippen LogP contribution is 2.51. The van der Waals surface area contributed by atoms with E-state index in [-0.39, 0.29) is 33.1 Å². The van der Waals surface area contributed by atoms with Crippen molar-refractivity contribution in [2.24, 2.45) is 5.41 Å². The van der Waals surface area contributed by atoms with E-state index in [9.17, 15) is 34.0 Å². The molecule has 0 spiro atoms. The zero-order valence-electron chi connectivity index (χ0n) is 25.7. The zero-order chi connectivity index (χ0) is 34.2. The van der Waals surface area contributed by atoms with Gasteiger partial charge in [0.2, 0.25) is 0 Å². The molecule has 0 aromatic heterocycles. The fourth-order valence-corrected chi connectivity index (χ4v) is 8.01. The lowest BCUT2D eigenvalue weighted by Gasteiger charge is -2.29. The Bertz CT molecular complexity index is 2080. The second-order valence-electron chi connectivity index (χ2n) is 11.8. The Kier molecular flexibility index (Phi) is 9.59. The van der Waals surface area contributed by atoms with Crippen LogP contribution in [0, 0.1) is 30.9 Å². The lowest BCUT2D eigenvalue weighted by Crippen LogP contribution is -2.33. The number of aryl methyl sites for hydroxylation is 2. The topological polar surface area (TPSA) is 121 Å². The quantitative estimate of drug-likeness (QED) is 0.163. The molecule has 1 aliphatic rings. The number of rotatable bonds is 11. The van der Waals surface area contributed by atoms with Crippen molar-refractivity contribution in [3.05, 3.63) is 125 Å². The van der Waals surface area contributed by atoms with Gasteiger partial charge in [0.15, 0.2) is 21.5 Å². The summed E-state index contributed by atoms with van der Waals surface area (Å²) < 4.78 is 117. The van der Waals surface area contributed by atoms with Crippen LogP contribution in [-0.4, -0.2) is 44.7 Å². The summed E-state index contributed by atoms with van der Waals surface area (Å²) in [4.78, 5) is -0.148. The summed E-state index contributed by atoms with van der Waals surface area (Å²) in [5, 5.41) is 0. The van der Waals surface area contributed by atoms with Gasteiger partial charge in [-0.15, -0.1) is 0 Å². The monoisotopic (exact) mass is 702 g/mol. The van der Waals surface area contributed by atoms with E-state index in [4.69, 9.17) is 8.37 Å². The van der Waals surface area contributed by atoms with Gasteiger partial charge < -0.3 is 0 Å². The minimum Gasteiger partial charge on any atom is -0.266 e. The Balaban J connectivity index is 1.57. The molecular formula is C34H32F2O8S3. The summed E-state index contributed by atoms with van der Waals surface area (Å²) in [6.07, 6.45) is 1.01. The van der Waals surface area contributed by atoms with E-state index in [1.54, 1.807) is 50.2 Å². The van der Waals surface area contributed by atoms with E-state index in [2.05, 4.69) is 0 Å². The van der Waals surface area contributed by atoms with Crippen LogP contribution in [0.2, 0.25) is 0 Å². The molecule has 0 atom stereocenters. The molecule has 0 saturated carbocycles. The third-order valence-electron chi connectivity index (χ3n) is 8.03. The maximum absolute atomic E-state index is 14.5. The fourth-order valence-electron chi connectivity index (χ4n) is 5.36. The summed E-state index contributed by atoms with van der Waals surface area (Å²) in [6.45, 7) is 2.55. The minimum atomic E-state index is -4.31. The molecule has 0 unspecified atom stereocenters. The van der Waals surface area contributed by atoms with Gasteiger partial charge in [-0.25, -0.2) is 17.2 Å². The van der Waals surface area contributed by atoms with Gasteiger partial charge in [-0.3, -0.25) is 8.37 Å². The molecule has 5 rings (SSSR count). The molecule has 4 aromatic carbocycles. The average molecular weight is 703 g/mol. The molecule has 13 heteroatoms. The van der Waals surface area contributed by atoms with E-state index < -0.39 is 60.3 Å². The Morgan fingerprint density at radius 3 is 1.40 bits per heavy atom. The molecule has 0 saturated heterocycles. The fraction of sp³-hybridized carbons (Fsp3) is 0.235. The van der Waals surface area contributed by atoms with Gasteiger partial charge in [0.25, 0.3) is 20.2 Å². The van der Waals surface area contributed by atoms with Gasteiger partial charge in [0, 0.05) is 11.7 Å². The van der Waals surface area contributed by atoms with Crippen LogP contribution < -0.4 is 0 Å². The normalized spacial score (nSPS) is 15.3. The Labute approximate surface area is 273 Å². The zero-order valence-corrected chi connectivity index (χ0v) is 28.2. The lowest BCUT2D eigenvalue weighted by atomic mass is 9.84. The first-order valence-corrected chi connectivity index (χ1v) is 19.1. The van der Waals surface area contributed by atoms with Crippen LogP contribution in [0.5, 0.6) is 0 Å². The summed E-state index contributed by atoms with van der Waals surface area (Å²) in [7, 11) is -12.2. The number of hydrogen-bond acceptors (Lipinski definition) is 8. The van der Waals surface area contributed by atoms with Crippen LogP contribution in [0.4, 0.5) is 8.78 Å². The molecule has 1 aliphatic carbocycles. The highest BCUT2D eigenvalue weighted by Gasteiger charge is 2.43. The van der Waals surface area contributed by atoms with Gasteiger partial charge in [-0.05, 0) is 97.5 Å². The maximum Gasteiger partial charge on any atom is 0.296 e. The number of halogens is 2. The van der Waals surface area contributed by atoms with Crippen molar-refractivity contribution in [3.63, 3.8) is 0 Å². The van der Waals surface area contributed by atoms with Gasteiger partial charge in [-0.2, -0.15) is 16.8 Å². The van der Waals surface area contributed by atoms with Crippen LogP contribution >= 0.6 is 0 Å². The summed E-state index contributed by atoms with van der Waals surface area (Å²) >= 11 is 0. The minimum absolute atomic E-state index is 0.00755. The predicted molar refractivity (Wildman–Crippen MR) is 173 cm³/mol. The SMILES string of the molecule is Cc1ccc(S(=O)(=O)OCC2(COS(=O)(=O)c3ccc(C)cc3)CC(c3ccc(S(C)(=O)=O)cc3)=C(c3ccc(F)c(F)c3)C2)cc1. The van der Waals surface area contributed by atoms with Crippen LogP contribution in [0.3, 0.4) is 0 Å². The van der Waals surface area contributed by atoms with E-state index >= 15 is 0 Å². The summed E-state index contributed by atoms with van der Waals surface area (Å²) in [5.41, 5.74) is 2.11. The molecule has 0 bridgehead atoms. The van der Waals surface area contributed by atoms with E-state index in [1.165, 1.54) is 42.5 Å². The first kappa shape index (κ1) is 34.6. The summed E-state index contributed by atoms with van der Waals surface area (Å²) in [6, 6.07) is 21.2. The molecule has 8 nitrogen and oxygen atoms in total. The van der Waals surface area contributed by atoms with Gasteiger partial charge in [0.05, 0.1) is 27.9 Å². The van der Waals surface area contributed by atoms with Crippen LogP contribution in [0.25, 0.3) is 11.1 Å². The van der Waals surface area contributed by atoms with Crippen LogP contribution in [0.15, 0.2) is 106 Å². The molecule has 0 radical (unpaired) electrons. The molecule has 0 fully saturated rings. The third-order valence-corrected chi connectivity index (χ3v) is 11.7. The van der Waals surface area contributed by atoms with E-state index in [0.717, 1.165) is 29.5 Å². The van der Waals surface area contributed by atoms with Crippen LogP contribution in [-0.2, 0) is 38.4 Å². The van der Waals surface area contributed by atoms with Crippen molar-refractivity contribution in [2.75, 3.05) is 19.5 Å². The first-order chi connectivity index (χ1) is 22.0. The van der Waals surface area contributed by atoms with Crippen LogP contribution in [0.1, 0.15) is 35.1 Å². The van der Waals surface area contributed by atoms with Crippen molar-refractivity contribution in [2.45, 2.75) is 41.4 Å². The molecule has 0 amide bonds. The Hall–Kier alpha value is -3.75. The Morgan fingerprint density at radius 1 is 0.574 bits per heavy atom. The second-order valence-corrected chi connectivity index (χ2v) is 17.0. The molecule has 248 valence electrons. The first-order valence-electron chi connectivity index (χ1n) is 14.4. The lowest BCUT2D eigenvalue weighted by molar-refractivity contribution is 0.0982. The van der Waals surface area contributed by atoms with E-state index in [0.29, 0.717) is 16.7 Å². The van der Waals surface area contributed by atoms with Gasteiger partial charge in [-0.1, -0.05) is 53.6 Å². The molecule has 4 aromatic rings. The number of hydrogen-bond donors (Lipinski definition) is 0. The smallest absolute Gasteiger partial charge is 0.266 e. The third kappa shape index (κ3) is 7.87. The largest absolute Gasteiger partial charge is 0.296 e. The number of allylic oxidation sites excluding steroid dienone is 2. The van der Waals surface area contributed by atoms with Gasteiger partial charge in [0.1, 0.15) is 0 Å². The molecule has 47 heavy (non-hydrogen) atoms. The summed E-state index contributed by atoms with van der Waals surface area (Å²) in [5.74, 6) is -2.19. The molecule has 0 heterocycles. The predicted octanol–water partition coefficient (Wildman–Crippen LogP) is 6.49. The van der Waals surface area contributed by atoms with Crippen molar-refractivity contribution in [1.29, 1.82) is 0 Å². The Morgan fingerprint density at radius 2 is 0.979 bits per heavy atom. The van der Waals surface area contributed by atoms with Crippen molar-refractivity contribution >= 4 is 41.2 Å². The molecule has 0 aliphatic heterocycles. The van der Waals surface area contributed by atoms with Crippen molar-refractivity contribution < 1.29 is 42.4 Å².